The Morgan fingerprint density at radius 1 is 1.25 bits per heavy atom. The van der Waals surface area contributed by atoms with Crippen LogP contribution in [0.1, 0.15) is 17.0 Å². The van der Waals surface area contributed by atoms with E-state index in [1.54, 1.807) is 0 Å². The number of pyridine rings is 1. The van der Waals surface area contributed by atoms with Crippen LogP contribution in [0.2, 0.25) is 5.02 Å². The lowest BCUT2D eigenvalue weighted by atomic mass is 10.2. The van der Waals surface area contributed by atoms with Crippen molar-refractivity contribution in [2.75, 3.05) is 0 Å². The van der Waals surface area contributed by atoms with Gasteiger partial charge in [-0.05, 0) is 36.8 Å². The maximum atomic E-state index is 6.11. The molecule has 3 rings (SSSR count). The molecule has 0 saturated heterocycles. The van der Waals surface area contributed by atoms with E-state index in [4.69, 9.17) is 17.3 Å². The Labute approximate surface area is 123 Å². The summed E-state index contributed by atoms with van der Waals surface area (Å²) >= 11 is 6.11. The molecule has 2 heterocycles. The van der Waals surface area contributed by atoms with Crippen LogP contribution in [0.15, 0.2) is 42.6 Å². The summed E-state index contributed by atoms with van der Waals surface area (Å²) in [6.07, 6.45) is 2.09. The van der Waals surface area contributed by atoms with Crippen LogP contribution in [0.25, 0.3) is 10.9 Å². The summed E-state index contributed by atoms with van der Waals surface area (Å²) in [5.74, 6) is 0. The van der Waals surface area contributed by atoms with Gasteiger partial charge in [-0.25, -0.2) is 0 Å². The van der Waals surface area contributed by atoms with Gasteiger partial charge in [-0.3, -0.25) is 4.98 Å². The average Bonchev–Trinajstić information content (AvgIpc) is 2.76. The van der Waals surface area contributed by atoms with E-state index >= 15 is 0 Å². The molecule has 102 valence electrons. The van der Waals surface area contributed by atoms with Gasteiger partial charge in [0.1, 0.15) is 0 Å². The molecule has 1 aromatic carbocycles. The van der Waals surface area contributed by atoms with Crippen LogP contribution in [0.3, 0.4) is 0 Å². The zero-order valence-electron chi connectivity index (χ0n) is 11.3. The molecule has 0 atom stereocenters. The van der Waals surface area contributed by atoms with Crippen LogP contribution in [0.4, 0.5) is 0 Å². The van der Waals surface area contributed by atoms with Crippen LogP contribution < -0.4 is 5.73 Å². The Bertz CT molecular complexity index is 762. The molecule has 0 unspecified atom stereocenters. The van der Waals surface area contributed by atoms with E-state index in [1.807, 2.05) is 43.3 Å². The van der Waals surface area contributed by atoms with Crippen LogP contribution >= 0.6 is 11.6 Å². The molecule has 0 bridgehead atoms. The highest BCUT2D eigenvalue weighted by molar-refractivity contribution is 6.31. The van der Waals surface area contributed by atoms with E-state index in [2.05, 4.69) is 15.7 Å². The number of rotatable bonds is 3. The third-order valence-electron chi connectivity index (χ3n) is 3.43. The van der Waals surface area contributed by atoms with Crippen molar-refractivity contribution in [2.24, 2.45) is 5.73 Å². The third-order valence-corrected chi connectivity index (χ3v) is 3.66. The monoisotopic (exact) mass is 285 g/mol. The van der Waals surface area contributed by atoms with Gasteiger partial charge < -0.3 is 10.3 Å². The Balaban J connectivity index is 2.09. The summed E-state index contributed by atoms with van der Waals surface area (Å²) in [6.45, 7) is 3.24. The highest BCUT2D eigenvalue weighted by atomic mass is 35.5. The lowest BCUT2D eigenvalue weighted by molar-refractivity contribution is 0.797. The molecular weight excluding hydrogens is 270 g/mol. The van der Waals surface area contributed by atoms with Crippen molar-refractivity contribution in [1.82, 2.24) is 9.55 Å². The zero-order valence-corrected chi connectivity index (χ0v) is 12.1. The molecule has 0 saturated carbocycles. The van der Waals surface area contributed by atoms with Gasteiger partial charge in [-0.1, -0.05) is 23.7 Å². The van der Waals surface area contributed by atoms with Crippen LogP contribution in [-0.4, -0.2) is 9.55 Å². The van der Waals surface area contributed by atoms with E-state index in [0.717, 1.165) is 39.4 Å². The molecule has 2 aromatic heterocycles. The fourth-order valence-corrected chi connectivity index (χ4v) is 2.66. The molecule has 0 aliphatic rings. The molecule has 0 spiro atoms. The molecule has 0 aliphatic carbocycles. The molecule has 3 nitrogen and oxygen atoms in total. The second-order valence-electron chi connectivity index (χ2n) is 4.92. The molecule has 3 aromatic rings. The number of halogens is 1. The quantitative estimate of drug-likeness (QED) is 0.800. The fourth-order valence-electron chi connectivity index (χ4n) is 2.50. The predicted octanol–water partition coefficient (Wildman–Crippen LogP) is 3.51. The molecule has 0 aliphatic heterocycles. The van der Waals surface area contributed by atoms with Crippen molar-refractivity contribution in [1.29, 1.82) is 0 Å². The van der Waals surface area contributed by atoms with Gasteiger partial charge in [0.2, 0.25) is 0 Å². The van der Waals surface area contributed by atoms with Crippen LogP contribution in [-0.2, 0) is 13.1 Å². The first kappa shape index (κ1) is 13.2. The smallest absolute Gasteiger partial charge is 0.0648 e. The lowest BCUT2D eigenvalue weighted by Crippen LogP contribution is -2.01. The molecular formula is C16H16ClN3. The minimum absolute atomic E-state index is 0.520. The number of hydrogen-bond donors (Lipinski definition) is 1. The first-order valence-corrected chi connectivity index (χ1v) is 6.95. The summed E-state index contributed by atoms with van der Waals surface area (Å²) in [4.78, 5) is 4.55. The van der Waals surface area contributed by atoms with Crippen molar-refractivity contribution in [3.05, 3.63) is 64.6 Å². The molecule has 20 heavy (non-hydrogen) atoms. The second-order valence-corrected chi connectivity index (χ2v) is 5.35. The SMILES string of the molecule is Cc1cccc(Cn2cc(CN)c3ccc(Cl)cc32)n1. The molecule has 0 amide bonds. The van der Waals surface area contributed by atoms with E-state index in [0.29, 0.717) is 6.54 Å². The summed E-state index contributed by atoms with van der Waals surface area (Å²) in [6, 6.07) is 12.0. The summed E-state index contributed by atoms with van der Waals surface area (Å²) in [7, 11) is 0. The molecule has 0 fully saturated rings. The van der Waals surface area contributed by atoms with Gasteiger partial charge in [-0.15, -0.1) is 0 Å². The topological polar surface area (TPSA) is 43.8 Å². The number of aryl methyl sites for hydroxylation is 1. The Kier molecular flexibility index (Phi) is 3.47. The van der Waals surface area contributed by atoms with Gasteiger partial charge in [-0.2, -0.15) is 0 Å². The van der Waals surface area contributed by atoms with Crippen molar-refractivity contribution < 1.29 is 0 Å². The first-order valence-electron chi connectivity index (χ1n) is 6.57. The highest BCUT2D eigenvalue weighted by Crippen LogP contribution is 2.25. The van der Waals surface area contributed by atoms with Gasteiger partial charge in [0.25, 0.3) is 0 Å². The summed E-state index contributed by atoms with van der Waals surface area (Å²) < 4.78 is 2.16. The molecule has 4 heteroatoms. The van der Waals surface area contributed by atoms with Gasteiger partial charge in [0.15, 0.2) is 0 Å². The molecule has 0 radical (unpaired) electrons. The standard InChI is InChI=1S/C16H16ClN3/c1-11-3-2-4-14(19-11)10-20-9-12(8-18)15-6-5-13(17)7-16(15)20/h2-7,9H,8,10,18H2,1H3. The normalized spacial score (nSPS) is 11.2. The maximum absolute atomic E-state index is 6.11. The Hall–Kier alpha value is -1.84. The minimum atomic E-state index is 0.520. The largest absolute Gasteiger partial charge is 0.341 e. The lowest BCUT2D eigenvalue weighted by Gasteiger charge is -2.06. The van der Waals surface area contributed by atoms with Gasteiger partial charge >= 0.3 is 0 Å². The number of aromatic nitrogens is 2. The van der Waals surface area contributed by atoms with Gasteiger partial charge in [0, 0.05) is 28.8 Å². The molecule has 2 N–H and O–H groups in total. The van der Waals surface area contributed by atoms with Crippen molar-refractivity contribution in [2.45, 2.75) is 20.0 Å². The van der Waals surface area contributed by atoms with Crippen molar-refractivity contribution >= 4 is 22.5 Å². The van der Waals surface area contributed by atoms with Crippen molar-refractivity contribution in [3.8, 4) is 0 Å². The second kappa shape index (κ2) is 5.27. The fraction of sp³-hybridized carbons (Fsp3) is 0.188. The highest BCUT2D eigenvalue weighted by Gasteiger charge is 2.09. The first-order chi connectivity index (χ1) is 9.67. The summed E-state index contributed by atoms with van der Waals surface area (Å²) in [5, 5.41) is 1.89. The maximum Gasteiger partial charge on any atom is 0.0648 e. The van der Waals surface area contributed by atoms with Crippen molar-refractivity contribution in [3.63, 3.8) is 0 Å². The Morgan fingerprint density at radius 2 is 2.10 bits per heavy atom. The van der Waals surface area contributed by atoms with E-state index in [1.165, 1.54) is 0 Å². The average molecular weight is 286 g/mol. The zero-order chi connectivity index (χ0) is 14.1. The predicted molar refractivity (Wildman–Crippen MR) is 82.9 cm³/mol. The number of benzene rings is 1. The van der Waals surface area contributed by atoms with Crippen LogP contribution in [0, 0.1) is 6.92 Å². The summed E-state index contributed by atoms with van der Waals surface area (Å²) in [5.41, 5.74) is 10.1. The minimum Gasteiger partial charge on any atom is -0.341 e. The van der Waals surface area contributed by atoms with E-state index < -0.39 is 0 Å². The number of hydrogen-bond acceptors (Lipinski definition) is 2. The number of nitrogens with two attached hydrogens (primary N) is 1. The van der Waals surface area contributed by atoms with E-state index in [9.17, 15) is 0 Å². The van der Waals surface area contributed by atoms with E-state index in [-0.39, 0.29) is 0 Å². The van der Waals surface area contributed by atoms with Gasteiger partial charge in [0.05, 0.1) is 17.8 Å². The Morgan fingerprint density at radius 3 is 2.85 bits per heavy atom. The third kappa shape index (κ3) is 2.42. The number of fused-ring (bicyclic) bond motifs is 1. The number of nitrogens with zero attached hydrogens (tertiary/aromatic N) is 2. The van der Waals surface area contributed by atoms with Crippen LogP contribution in [0.5, 0.6) is 0 Å².